The van der Waals surface area contributed by atoms with E-state index in [1.54, 1.807) is 0 Å². The first-order chi connectivity index (χ1) is 12.4. The van der Waals surface area contributed by atoms with Crippen LogP contribution in [0.5, 0.6) is 0 Å². The van der Waals surface area contributed by atoms with Crippen molar-refractivity contribution in [2.75, 3.05) is 26.3 Å². The number of nitrogens with one attached hydrogen (secondary N) is 1. The average molecular weight is 357 g/mol. The Balaban J connectivity index is 1.74. The smallest absolute Gasteiger partial charge is 0.227 e. The quantitative estimate of drug-likeness (QED) is 0.854. The summed E-state index contributed by atoms with van der Waals surface area (Å²) in [5, 5.41) is 17.2. The third-order valence-corrected chi connectivity index (χ3v) is 5.27. The van der Waals surface area contributed by atoms with Gasteiger partial charge in [-0.05, 0) is 31.9 Å². The van der Waals surface area contributed by atoms with Gasteiger partial charge in [-0.2, -0.15) is 5.10 Å². The number of carbonyl (C=O) groups excluding carboxylic acids is 1. The van der Waals surface area contributed by atoms with Gasteiger partial charge in [0.15, 0.2) is 0 Å². The largest absolute Gasteiger partial charge is 0.393 e. The lowest BCUT2D eigenvalue weighted by Crippen LogP contribution is -2.57. The number of nitrogens with zero attached hydrogens (tertiary/aromatic N) is 2. The first-order valence-corrected chi connectivity index (χ1v) is 9.02. The number of benzene rings is 1. The minimum absolute atomic E-state index is 0.0449. The van der Waals surface area contributed by atoms with E-state index in [4.69, 9.17) is 4.74 Å². The van der Waals surface area contributed by atoms with Gasteiger partial charge in [0.2, 0.25) is 5.91 Å². The van der Waals surface area contributed by atoms with Crippen LogP contribution in [0.3, 0.4) is 0 Å². The predicted octanol–water partition coefficient (Wildman–Crippen LogP) is 1.71. The summed E-state index contributed by atoms with van der Waals surface area (Å²) in [5.41, 5.74) is 4.29. The number of ether oxygens (including phenoxy) is 1. The van der Waals surface area contributed by atoms with Gasteiger partial charge in [-0.1, -0.05) is 24.3 Å². The van der Waals surface area contributed by atoms with Crippen molar-refractivity contribution >= 4 is 5.91 Å². The van der Waals surface area contributed by atoms with Crippen LogP contribution in [-0.4, -0.2) is 58.0 Å². The number of aromatic nitrogens is 2. The Morgan fingerprint density at radius 1 is 1.35 bits per heavy atom. The number of aliphatic hydroxyl groups is 1. The summed E-state index contributed by atoms with van der Waals surface area (Å²) in [6.07, 6.45) is 0.907. The highest BCUT2D eigenvalue weighted by atomic mass is 16.5. The molecule has 2 aromatic rings. The lowest BCUT2D eigenvalue weighted by Gasteiger charge is -2.42. The summed E-state index contributed by atoms with van der Waals surface area (Å²) in [6.45, 7) is 7.14. The van der Waals surface area contributed by atoms with Gasteiger partial charge in [0.1, 0.15) is 5.60 Å². The first kappa shape index (κ1) is 18.6. The Labute approximate surface area is 154 Å². The molecule has 1 aromatic heterocycles. The maximum Gasteiger partial charge on any atom is 0.227 e. The zero-order valence-electron chi connectivity index (χ0n) is 15.7. The normalized spacial score (nSPS) is 20.4. The number of amides is 1. The Morgan fingerprint density at radius 3 is 2.77 bits per heavy atom. The van der Waals surface area contributed by atoms with Crippen LogP contribution in [0.15, 0.2) is 24.3 Å². The molecule has 0 bridgehead atoms. The number of hydrogen-bond acceptors (Lipinski definition) is 4. The van der Waals surface area contributed by atoms with E-state index in [1.807, 2.05) is 30.9 Å². The van der Waals surface area contributed by atoms with Crippen LogP contribution in [0, 0.1) is 20.8 Å². The minimum atomic E-state index is -0.749. The van der Waals surface area contributed by atoms with Crippen molar-refractivity contribution in [2.24, 2.45) is 0 Å². The number of rotatable bonds is 5. The molecule has 1 aliphatic heterocycles. The van der Waals surface area contributed by atoms with Crippen molar-refractivity contribution in [3.05, 3.63) is 52.3 Å². The zero-order valence-corrected chi connectivity index (χ0v) is 15.7. The Kier molecular flexibility index (Phi) is 5.44. The second-order valence-corrected chi connectivity index (χ2v) is 7.20. The molecule has 140 valence electrons. The van der Waals surface area contributed by atoms with E-state index >= 15 is 0 Å². The molecule has 26 heavy (non-hydrogen) atoms. The van der Waals surface area contributed by atoms with Crippen molar-refractivity contribution in [3.63, 3.8) is 0 Å². The molecule has 0 unspecified atom stereocenters. The molecule has 2 N–H and O–H groups in total. The molecule has 2 heterocycles. The maximum absolute atomic E-state index is 12.8. The van der Waals surface area contributed by atoms with Crippen LogP contribution in [0.25, 0.3) is 0 Å². The fourth-order valence-electron chi connectivity index (χ4n) is 3.57. The SMILES string of the molecule is Cc1ccccc1C[C@@]1(CO)CN(C(=O)Cc2c(C)n[nH]c2C)CCO1. The summed E-state index contributed by atoms with van der Waals surface area (Å²) in [6, 6.07) is 8.09. The van der Waals surface area contributed by atoms with Crippen LogP contribution in [0.2, 0.25) is 0 Å². The highest BCUT2D eigenvalue weighted by Crippen LogP contribution is 2.25. The van der Waals surface area contributed by atoms with Crippen molar-refractivity contribution in [1.29, 1.82) is 0 Å². The third kappa shape index (κ3) is 3.81. The highest BCUT2D eigenvalue weighted by molar-refractivity contribution is 5.79. The second kappa shape index (κ2) is 7.60. The van der Waals surface area contributed by atoms with E-state index in [1.165, 1.54) is 0 Å². The van der Waals surface area contributed by atoms with Gasteiger partial charge in [-0.25, -0.2) is 0 Å². The monoisotopic (exact) mass is 357 g/mol. The molecule has 6 heteroatoms. The molecule has 0 spiro atoms. The summed E-state index contributed by atoms with van der Waals surface area (Å²) in [4.78, 5) is 14.6. The summed E-state index contributed by atoms with van der Waals surface area (Å²) >= 11 is 0. The standard InChI is InChI=1S/C20H27N3O3/c1-14-6-4-5-7-17(14)11-20(13-24)12-23(8-9-26-20)19(25)10-18-15(2)21-22-16(18)3/h4-7,24H,8-13H2,1-3H3,(H,21,22)/t20-/m0/s1. The minimum Gasteiger partial charge on any atom is -0.393 e. The molecule has 1 aliphatic rings. The maximum atomic E-state index is 12.8. The Bertz CT molecular complexity index is 767. The molecule has 3 rings (SSSR count). The van der Waals surface area contributed by atoms with Gasteiger partial charge in [0.05, 0.1) is 31.9 Å². The average Bonchev–Trinajstić information content (AvgIpc) is 2.96. The van der Waals surface area contributed by atoms with Crippen molar-refractivity contribution in [1.82, 2.24) is 15.1 Å². The zero-order chi connectivity index (χ0) is 18.7. The molecule has 6 nitrogen and oxygen atoms in total. The van der Waals surface area contributed by atoms with Gasteiger partial charge in [-0.3, -0.25) is 9.89 Å². The number of aromatic amines is 1. The summed E-state index contributed by atoms with van der Waals surface area (Å²) in [5.74, 6) is 0.0449. The predicted molar refractivity (Wildman–Crippen MR) is 99.0 cm³/mol. The fraction of sp³-hybridized carbons (Fsp3) is 0.500. The molecule has 1 atom stereocenters. The van der Waals surface area contributed by atoms with Crippen LogP contribution < -0.4 is 0 Å². The Morgan fingerprint density at radius 2 is 2.12 bits per heavy atom. The molecule has 0 saturated carbocycles. The van der Waals surface area contributed by atoms with Gasteiger partial charge < -0.3 is 14.7 Å². The molecule has 1 fully saturated rings. The topological polar surface area (TPSA) is 78.5 Å². The van der Waals surface area contributed by atoms with Gasteiger partial charge in [-0.15, -0.1) is 0 Å². The van der Waals surface area contributed by atoms with Crippen molar-refractivity contribution in [2.45, 2.75) is 39.2 Å². The number of H-pyrrole nitrogens is 1. The van der Waals surface area contributed by atoms with E-state index in [0.29, 0.717) is 32.5 Å². The van der Waals surface area contributed by atoms with E-state index in [-0.39, 0.29) is 12.5 Å². The molecule has 1 aromatic carbocycles. The molecule has 0 radical (unpaired) electrons. The summed E-state index contributed by atoms with van der Waals surface area (Å²) < 4.78 is 5.97. The van der Waals surface area contributed by atoms with Gasteiger partial charge in [0.25, 0.3) is 0 Å². The molecule has 0 aliphatic carbocycles. The van der Waals surface area contributed by atoms with E-state index in [9.17, 15) is 9.90 Å². The van der Waals surface area contributed by atoms with Crippen LogP contribution >= 0.6 is 0 Å². The number of morpholine rings is 1. The fourth-order valence-corrected chi connectivity index (χ4v) is 3.57. The second-order valence-electron chi connectivity index (χ2n) is 7.20. The van der Waals surface area contributed by atoms with Gasteiger partial charge >= 0.3 is 0 Å². The van der Waals surface area contributed by atoms with Crippen molar-refractivity contribution in [3.8, 4) is 0 Å². The van der Waals surface area contributed by atoms with E-state index in [0.717, 1.165) is 28.1 Å². The van der Waals surface area contributed by atoms with Crippen LogP contribution in [0.4, 0.5) is 0 Å². The number of aliphatic hydroxyl groups excluding tert-OH is 1. The molecular formula is C20H27N3O3. The highest BCUT2D eigenvalue weighted by Gasteiger charge is 2.38. The van der Waals surface area contributed by atoms with Gasteiger partial charge in [0, 0.05) is 24.2 Å². The van der Waals surface area contributed by atoms with E-state index < -0.39 is 5.60 Å². The van der Waals surface area contributed by atoms with Crippen LogP contribution in [0.1, 0.15) is 28.1 Å². The number of hydrogen-bond donors (Lipinski definition) is 2. The Hall–Kier alpha value is -2.18. The number of carbonyl (C=O) groups is 1. The number of aryl methyl sites for hydroxylation is 3. The first-order valence-electron chi connectivity index (χ1n) is 9.02. The third-order valence-electron chi connectivity index (χ3n) is 5.27. The molecular weight excluding hydrogens is 330 g/mol. The lowest BCUT2D eigenvalue weighted by molar-refractivity contribution is -0.157. The van der Waals surface area contributed by atoms with Crippen molar-refractivity contribution < 1.29 is 14.6 Å². The molecule has 1 saturated heterocycles. The van der Waals surface area contributed by atoms with Crippen LogP contribution in [-0.2, 0) is 22.4 Å². The molecule has 1 amide bonds. The van der Waals surface area contributed by atoms with E-state index in [2.05, 4.69) is 29.3 Å². The lowest BCUT2D eigenvalue weighted by atomic mass is 9.90. The summed E-state index contributed by atoms with van der Waals surface area (Å²) in [7, 11) is 0.